The summed E-state index contributed by atoms with van der Waals surface area (Å²) in [6.07, 6.45) is 12.0. The highest BCUT2D eigenvalue weighted by Crippen LogP contribution is 2.29. The number of anilines is 3. The molecule has 2 heterocycles. The van der Waals surface area contributed by atoms with E-state index in [-0.39, 0.29) is 11.8 Å². The van der Waals surface area contributed by atoms with Crippen molar-refractivity contribution >= 4 is 28.9 Å². The number of pyridine rings is 1. The first-order chi connectivity index (χ1) is 16.0. The minimum Gasteiger partial charge on any atom is -0.343 e. The Morgan fingerprint density at radius 3 is 2.64 bits per heavy atom. The Bertz CT molecular complexity index is 1090. The van der Waals surface area contributed by atoms with Gasteiger partial charge in [-0.15, -0.1) is 0 Å². The predicted octanol–water partition coefficient (Wildman–Crippen LogP) is 3.90. The average Bonchev–Trinajstić information content (AvgIpc) is 3.50. The monoisotopic (exact) mass is 446 g/mol. The van der Waals surface area contributed by atoms with Gasteiger partial charge in [-0.1, -0.05) is 31.7 Å². The van der Waals surface area contributed by atoms with Crippen molar-refractivity contribution in [2.75, 3.05) is 17.3 Å². The summed E-state index contributed by atoms with van der Waals surface area (Å²) in [7, 11) is 3.72. The minimum atomic E-state index is -0.611. The first-order valence-electron chi connectivity index (χ1n) is 11.3. The van der Waals surface area contributed by atoms with Crippen LogP contribution in [0.1, 0.15) is 42.5 Å². The molecule has 4 rings (SSSR count). The van der Waals surface area contributed by atoms with E-state index in [1.54, 1.807) is 42.6 Å². The van der Waals surface area contributed by atoms with Crippen molar-refractivity contribution in [2.45, 2.75) is 38.1 Å². The lowest BCUT2D eigenvalue weighted by molar-refractivity contribution is -0.118. The van der Waals surface area contributed by atoms with Gasteiger partial charge >= 0.3 is 0 Å². The third kappa shape index (κ3) is 5.77. The zero-order valence-corrected chi connectivity index (χ0v) is 19.1. The quantitative estimate of drug-likeness (QED) is 0.548. The van der Waals surface area contributed by atoms with Crippen LogP contribution >= 0.6 is 0 Å². The molecule has 3 aromatic rings. The Morgan fingerprint density at radius 1 is 1.15 bits per heavy atom. The lowest BCUT2D eigenvalue weighted by atomic mass is 9.97. The summed E-state index contributed by atoms with van der Waals surface area (Å²) in [6.45, 7) is 0. The van der Waals surface area contributed by atoms with E-state index in [4.69, 9.17) is 0 Å². The number of benzene rings is 1. The highest BCUT2D eigenvalue weighted by Gasteiger charge is 2.27. The largest absolute Gasteiger partial charge is 0.343 e. The smallest absolute Gasteiger partial charge is 0.252 e. The number of rotatable bonds is 8. The van der Waals surface area contributed by atoms with E-state index in [0.29, 0.717) is 23.6 Å². The normalized spacial score (nSPS) is 14.6. The zero-order valence-electron chi connectivity index (χ0n) is 19.1. The van der Waals surface area contributed by atoms with E-state index in [1.807, 2.05) is 42.3 Å². The molecular formula is C25H30N6O2. The van der Waals surface area contributed by atoms with Crippen LogP contribution in [0.5, 0.6) is 0 Å². The molecule has 0 unspecified atom stereocenters. The van der Waals surface area contributed by atoms with E-state index in [2.05, 4.69) is 20.7 Å². The van der Waals surface area contributed by atoms with E-state index in [1.165, 1.54) is 12.8 Å². The number of nitrogens with one attached hydrogen (secondary N) is 2. The van der Waals surface area contributed by atoms with Crippen LogP contribution in [-0.2, 0) is 11.8 Å². The SMILES string of the molecule is CN(c1cccnc1)c1cccc(C(=O)N[C@@H](CC2CCCC2)C(=O)Nc2cnn(C)c2)c1. The summed E-state index contributed by atoms with van der Waals surface area (Å²) in [6, 6.07) is 10.6. The Kier molecular flexibility index (Phi) is 7.02. The number of hydrogen-bond acceptors (Lipinski definition) is 5. The van der Waals surface area contributed by atoms with Crippen molar-refractivity contribution < 1.29 is 9.59 Å². The molecule has 0 aliphatic heterocycles. The van der Waals surface area contributed by atoms with Gasteiger partial charge in [-0.3, -0.25) is 19.3 Å². The summed E-state index contributed by atoms with van der Waals surface area (Å²) in [5.41, 5.74) is 2.91. The van der Waals surface area contributed by atoms with Gasteiger partial charge in [0.15, 0.2) is 0 Å². The van der Waals surface area contributed by atoms with E-state index in [9.17, 15) is 9.59 Å². The van der Waals surface area contributed by atoms with Crippen LogP contribution in [0.3, 0.4) is 0 Å². The summed E-state index contributed by atoms with van der Waals surface area (Å²) in [4.78, 5) is 32.3. The van der Waals surface area contributed by atoms with Crippen LogP contribution in [0.25, 0.3) is 0 Å². The van der Waals surface area contributed by atoms with Gasteiger partial charge in [0.2, 0.25) is 5.91 Å². The Hall–Kier alpha value is -3.68. The second-order valence-corrected chi connectivity index (χ2v) is 8.62. The summed E-state index contributed by atoms with van der Waals surface area (Å²) >= 11 is 0. The first-order valence-corrected chi connectivity index (χ1v) is 11.3. The van der Waals surface area contributed by atoms with Gasteiger partial charge in [0, 0.05) is 37.7 Å². The number of aromatic nitrogens is 3. The highest BCUT2D eigenvalue weighted by molar-refractivity contribution is 6.01. The third-order valence-electron chi connectivity index (χ3n) is 6.17. The van der Waals surface area contributed by atoms with Crippen molar-refractivity contribution in [3.63, 3.8) is 0 Å². The minimum absolute atomic E-state index is 0.216. The number of aryl methyl sites for hydroxylation is 1. The molecule has 0 saturated heterocycles. The molecule has 1 saturated carbocycles. The Balaban J connectivity index is 1.49. The standard InChI is InChI=1S/C25H30N6O2/c1-30-17-20(15-27-30)28-25(33)23(13-18-7-3-4-8-18)29-24(32)19-9-5-10-21(14-19)31(2)22-11-6-12-26-16-22/h5-6,9-12,14-18,23H,3-4,7-8,13H2,1-2H3,(H,28,33)(H,29,32)/t23-/m0/s1. The molecule has 33 heavy (non-hydrogen) atoms. The third-order valence-corrected chi connectivity index (χ3v) is 6.17. The number of hydrogen-bond donors (Lipinski definition) is 2. The van der Waals surface area contributed by atoms with Gasteiger partial charge < -0.3 is 15.5 Å². The van der Waals surface area contributed by atoms with Crippen LogP contribution in [0.4, 0.5) is 17.1 Å². The van der Waals surface area contributed by atoms with Gasteiger partial charge in [-0.2, -0.15) is 5.10 Å². The molecule has 1 atom stereocenters. The molecule has 1 fully saturated rings. The maximum Gasteiger partial charge on any atom is 0.252 e. The Morgan fingerprint density at radius 2 is 1.94 bits per heavy atom. The van der Waals surface area contributed by atoms with Crippen LogP contribution in [-0.4, -0.2) is 39.7 Å². The second-order valence-electron chi connectivity index (χ2n) is 8.62. The predicted molar refractivity (Wildman–Crippen MR) is 128 cm³/mol. The van der Waals surface area contributed by atoms with E-state index in [0.717, 1.165) is 24.2 Å². The maximum absolute atomic E-state index is 13.2. The fourth-order valence-corrected chi connectivity index (χ4v) is 4.32. The maximum atomic E-state index is 13.2. The fourth-order valence-electron chi connectivity index (χ4n) is 4.32. The first kappa shape index (κ1) is 22.5. The van der Waals surface area contributed by atoms with Crippen molar-refractivity contribution in [3.05, 3.63) is 66.7 Å². The zero-order chi connectivity index (χ0) is 23.2. The van der Waals surface area contributed by atoms with Gasteiger partial charge in [0.05, 0.1) is 23.8 Å². The van der Waals surface area contributed by atoms with Gasteiger partial charge in [-0.05, 0) is 42.7 Å². The molecular weight excluding hydrogens is 416 g/mol. The highest BCUT2D eigenvalue weighted by atomic mass is 16.2. The molecule has 0 radical (unpaired) electrons. The lowest BCUT2D eigenvalue weighted by Gasteiger charge is -2.22. The molecule has 2 amide bonds. The molecule has 1 aliphatic rings. The molecule has 8 nitrogen and oxygen atoms in total. The van der Waals surface area contributed by atoms with Crippen LogP contribution in [0.2, 0.25) is 0 Å². The molecule has 0 bridgehead atoms. The van der Waals surface area contributed by atoms with Crippen molar-refractivity contribution in [2.24, 2.45) is 13.0 Å². The summed E-state index contributed by atoms with van der Waals surface area (Å²) < 4.78 is 1.63. The number of nitrogens with zero attached hydrogens (tertiary/aromatic N) is 4. The lowest BCUT2D eigenvalue weighted by Crippen LogP contribution is -2.44. The van der Waals surface area contributed by atoms with Gasteiger partial charge in [-0.25, -0.2) is 0 Å². The summed E-state index contributed by atoms with van der Waals surface area (Å²) in [5, 5.41) is 9.97. The second kappa shape index (κ2) is 10.3. The number of amides is 2. The molecule has 1 aliphatic carbocycles. The topological polar surface area (TPSA) is 92.2 Å². The number of carbonyl (C=O) groups is 2. The molecule has 0 spiro atoms. The van der Waals surface area contributed by atoms with Crippen molar-refractivity contribution in [1.82, 2.24) is 20.1 Å². The molecule has 1 aromatic carbocycles. The molecule has 172 valence electrons. The average molecular weight is 447 g/mol. The molecule has 2 N–H and O–H groups in total. The van der Waals surface area contributed by atoms with Crippen LogP contribution in [0, 0.1) is 5.92 Å². The van der Waals surface area contributed by atoms with E-state index >= 15 is 0 Å². The van der Waals surface area contributed by atoms with Crippen LogP contribution in [0.15, 0.2) is 61.2 Å². The molecule has 2 aromatic heterocycles. The number of carbonyl (C=O) groups excluding carboxylic acids is 2. The summed E-state index contributed by atoms with van der Waals surface area (Å²) in [5.74, 6) is -0.0364. The van der Waals surface area contributed by atoms with Crippen LogP contribution < -0.4 is 15.5 Å². The van der Waals surface area contributed by atoms with Crippen molar-refractivity contribution in [1.29, 1.82) is 0 Å². The van der Waals surface area contributed by atoms with E-state index < -0.39 is 6.04 Å². The van der Waals surface area contributed by atoms with Crippen molar-refractivity contribution in [3.8, 4) is 0 Å². The van der Waals surface area contributed by atoms with Gasteiger partial charge in [0.1, 0.15) is 6.04 Å². The fraction of sp³-hybridized carbons (Fsp3) is 0.360. The Labute approximate surface area is 194 Å². The molecule has 8 heteroatoms. The van der Waals surface area contributed by atoms with Gasteiger partial charge in [0.25, 0.3) is 5.91 Å².